The van der Waals surface area contributed by atoms with Crippen LogP contribution in [0.25, 0.3) is 0 Å². The van der Waals surface area contributed by atoms with Crippen molar-refractivity contribution in [1.82, 2.24) is 4.37 Å². The maximum absolute atomic E-state index is 8.68. The van der Waals surface area contributed by atoms with Crippen molar-refractivity contribution in [3.8, 4) is 5.88 Å². The molecule has 3 N–H and O–H groups in total. The zero-order valence-corrected chi connectivity index (χ0v) is 6.97. The number of methoxy groups -OCH3 is 1. The van der Waals surface area contributed by atoms with Gasteiger partial charge in [-0.1, -0.05) is 0 Å². The summed E-state index contributed by atoms with van der Waals surface area (Å²) in [6, 6.07) is 1.39. The Hall–Kier alpha value is -0.650. The van der Waals surface area contributed by atoms with Crippen LogP contribution in [0, 0.1) is 0 Å². The molecule has 0 bridgehead atoms. The van der Waals surface area contributed by atoms with Gasteiger partial charge in [0.25, 0.3) is 0 Å². The van der Waals surface area contributed by atoms with Crippen molar-refractivity contribution in [2.24, 2.45) is 5.73 Å². The van der Waals surface area contributed by atoms with E-state index in [2.05, 4.69) is 4.37 Å². The molecule has 0 spiro atoms. The largest absolute Gasteiger partial charge is 0.480 e. The van der Waals surface area contributed by atoms with Gasteiger partial charge >= 0.3 is 0 Å². The van der Waals surface area contributed by atoms with Gasteiger partial charge < -0.3 is 15.6 Å². The molecule has 0 saturated carbocycles. The number of nitrogens with two attached hydrogens (primary N) is 1. The van der Waals surface area contributed by atoms with Crippen LogP contribution in [-0.2, 0) is 0 Å². The number of hydrogen-bond donors (Lipinski definition) is 2. The standard InChI is InChI=1S/C6H10N2O2S/c1-10-6-2-5(11-8-6)4(7)3-9/h2,4,9H,3,7H2,1H3. The Bertz CT molecular complexity index is 226. The van der Waals surface area contributed by atoms with E-state index in [-0.39, 0.29) is 12.6 Å². The van der Waals surface area contributed by atoms with Crippen LogP contribution in [0.3, 0.4) is 0 Å². The highest BCUT2D eigenvalue weighted by atomic mass is 32.1. The highest BCUT2D eigenvalue weighted by Gasteiger charge is 2.08. The van der Waals surface area contributed by atoms with E-state index >= 15 is 0 Å². The molecule has 1 atom stereocenters. The molecular weight excluding hydrogens is 164 g/mol. The predicted molar refractivity (Wildman–Crippen MR) is 42.7 cm³/mol. The monoisotopic (exact) mass is 174 g/mol. The van der Waals surface area contributed by atoms with Gasteiger partial charge in [0.05, 0.1) is 19.8 Å². The number of rotatable bonds is 3. The Morgan fingerprint density at radius 1 is 1.91 bits per heavy atom. The lowest BCUT2D eigenvalue weighted by molar-refractivity contribution is 0.269. The molecule has 5 heteroatoms. The van der Waals surface area contributed by atoms with E-state index in [1.54, 1.807) is 13.2 Å². The van der Waals surface area contributed by atoms with Gasteiger partial charge in [-0.25, -0.2) is 0 Å². The molecule has 0 fully saturated rings. The molecule has 0 aliphatic rings. The minimum absolute atomic E-state index is 0.0641. The molecule has 62 valence electrons. The lowest BCUT2D eigenvalue weighted by atomic mass is 10.3. The topological polar surface area (TPSA) is 68.4 Å². The first-order valence-corrected chi connectivity index (χ1v) is 3.92. The van der Waals surface area contributed by atoms with E-state index in [1.165, 1.54) is 11.5 Å². The number of aromatic nitrogens is 1. The van der Waals surface area contributed by atoms with Crippen LogP contribution >= 0.6 is 11.5 Å². The second kappa shape index (κ2) is 3.66. The molecule has 0 amide bonds. The highest BCUT2D eigenvalue weighted by molar-refractivity contribution is 7.06. The molecule has 4 nitrogen and oxygen atoms in total. The molecule has 1 unspecified atom stereocenters. The van der Waals surface area contributed by atoms with Crippen molar-refractivity contribution in [3.63, 3.8) is 0 Å². The van der Waals surface area contributed by atoms with Gasteiger partial charge in [-0.2, -0.15) is 4.37 Å². The predicted octanol–water partition coefficient (Wildman–Crippen LogP) is 0.144. The summed E-state index contributed by atoms with van der Waals surface area (Å²) >= 11 is 1.25. The minimum Gasteiger partial charge on any atom is -0.480 e. The van der Waals surface area contributed by atoms with Gasteiger partial charge in [0.2, 0.25) is 5.88 Å². The lowest BCUT2D eigenvalue weighted by Gasteiger charge is -2.01. The second-order valence-corrected chi connectivity index (χ2v) is 2.90. The van der Waals surface area contributed by atoms with Crippen molar-refractivity contribution in [3.05, 3.63) is 10.9 Å². The van der Waals surface area contributed by atoms with E-state index in [9.17, 15) is 0 Å². The van der Waals surface area contributed by atoms with Crippen LogP contribution < -0.4 is 10.5 Å². The Labute approximate surface area is 68.8 Å². The van der Waals surface area contributed by atoms with Gasteiger partial charge in [-0.05, 0) is 11.5 Å². The fourth-order valence-electron chi connectivity index (χ4n) is 0.633. The average molecular weight is 174 g/mol. The molecule has 0 aliphatic heterocycles. The fourth-order valence-corrected chi connectivity index (χ4v) is 1.32. The number of aliphatic hydroxyl groups excluding tert-OH is 1. The first-order valence-electron chi connectivity index (χ1n) is 3.15. The molecule has 0 saturated heterocycles. The third-order valence-electron chi connectivity index (χ3n) is 1.28. The normalized spacial score (nSPS) is 13.0. The van der Waals surface area contributed by atoms with Gasteiger partial charge in [-0.3, -0.25) is 0 Å². The summed E-state index contributed by atoms with van der Waals surface area (Å²) in [4.78, 5) is 0.837. The zero-order valence-electron chi connectivity index (χ0n) is 6.15. The van der Waals surface area contributed by atoms with Crippen molar-refractivity contribution in [2.45, 2.75) is 6.04 Å². The third-order valence-corrected chi connectivity index (χ3v) is 2.18. The maximum Gasteiger partial charge on any atom is 0.225 e. The Morgan fingerprint density at radius 2 is 2.64 bits per heavy atom. The SMILES string of the molecule is COc1cc(C(N)CO)sn1. The maximum atomic E-state index is 8.68. The molecule has 1 rings (SSSR count). The summed E-state index contributed by atoms with van der Waals surface area (Å²) in [5, 5.41) is 8.68. The molecular formula is C6H10N2O2S. The van der Waals surface area contributed by atoms with Gasteiger partial charge in [0.1, 0.15) is 0 Å². The first-order chi connectivity index (χ1) is 5.27. The summed E-state index contributed by atoms with van der Waals surface area (Å²) in [6.45, 7) is -0.0641. The van der Waals surface area contributed by atoms with Gasteiger partial charge in [-0.15, -0.1) is 0 Å². The summed E-state index contributed by atoms with van der Waals surface area (Å²) in [7, 11) is 1.54. The summed E-state index contributed by atoms with van der Waals surface area (Å²) in [5.41, 5.74) is 5.53. The molecule has 1 aromatic rings. The summed E-state index contributed by atoms with van der Waals surface area (Å²) < 4.78 is 8.78. The molecule has 1 heterocycles. The quantitative estimate of drug-likeness (QED) is 0.684. The van der Waals surface area contributed by atoms with E-state index in [4.69, 9.17) is 15.6 Å². The molecule has 11 heavy (non-hydrogen) atoms. The van der Waals surface area contributed by atoms with E-state index in [1.807, 2.05) is 0 Å². The van der Waals surface area contributed by atoms with Crippen LogP contribution in [-0.4, -0.2) is 23.2 Å². The first kappa shape index (κ1) is 8.45. The van der Waals surface area contributed by atoms with E-state index in [0.29, 0.717) is 5.88 Å². The van der Waals surface area contributed by atoms with Crippen LogP contribution in [0.2, 0.25) is 0 Å². The summed E-state index contributed by atoms with van der Waals surface area (Å²) in [5.74, 6) is 0.550. The highest BCUT2D eigenvalue weighted by Crippen LogP contribution is 2.20. The molecule has 1 aromatic heterocycles. The lowest BCUT2D eigenvalue weighted by Crippen LogP contribution is -2.12. The number of aliphatic hydroxyl groups is 1. The van der Waals surface area contributed by atoms with Crippen molar-refractivity contribution in [1.29, 1.82) is 0 Å². The van der Waals surface area contributed by atoms with Crippen molar-refractivity contribution in [2.75, 3.05) is 13.7 Å². The van der Waals surface area contributed by atoms with Crippen LogP contribution in [0.15, 0.2) is 6.07 Å². The van der Waals surface area contributed by atoms with Crippen LogP contribution in [0.5, 0.6) is 5.88 Å². The Balaban J connectivity index is 2.71. The van der Waals surface area contributed by atoms with Crippen LogP contribution in [0.4, 0.5) is 0 Å². The second-order valence-electron chi connectivity index (χ2n) is 2.06. The van der Waals surface area contributed by atoms with E-state index < -0.39 is 0 Å². The van der Waals surface area contributed by atoms with E-state index in [0.717, 1.165) is 4.88 Å². The third kappa shape index (κ3) is 1.89. The Morgan fingerprint density at radius 3 is 3.09 bits per heavy atom. The van der Waals surface area contributed by atoms with Crippen LogP contribution in [0.1, 0.15) is 10.9 Å². The minimum atomic E-state index is -0.337. The van der Waals surface area contributed by atoms with Crippen molar-refractivity contribution < 1.29 is 9.84 Å². The number of ether oxygens (including phenoxy) is 1. The summed E-state index contributed by atoms with van der Waals surface area (Å²) in [6.07, 6.45) is 0. The molecule has 0 radical (unpaired) electrons. The van der Waals surface area contributed by atoms with Crippen molar-refractivity contribution >= 4 is 11.5 Å². The Kier molecular flexibility index (Phi) is 2.81. The number of hydrogen-bond acceptors (Lipinski definition) is 5. The van der Waals surface area contributed by atoms with Gasteiger partial charge in [0.15, 0.2) is 0 Å². The average Bonchev–Trinajstić information content (AvgIpc) is 2.50. The van der Waals surface area contributed by atoms with Gasteiger partial charge in [0, 0.05) is 10.9 Å². The number of nitrogens with zero attached hydrogens (tertiary/aromatic N) is 1. The zero-order chi connectivity index (χ0) is 8.27. The molecule has 0 aromatic carbocycles. The smallest absolute Gasteiger partial charge is 0.225 e. The molecule has 0 aliphatic carbocycles. The fraction of sp³-hybridized carbons (Fsp3) is 0.500.